The highest BCUT2D eigenvalue weighted by atomic mass is 28.3. The fourth-order valence-electron chi connectivity index (χ4n) is 2.83. The van der Waals surface area contributed by atoms with Crippen molar-refractivity contribution in [1.82, 2.24) is 9.55 Å². The summed E-state index contributed by atoms with van der Waals surface area (Å²) in [4.78, 5) is 6.79. The van der Waals surface area contributed by atoms with E-state index in [0.29, 0.717) is 6.73 Å². The second-order valence-corrected chi connectivity index (χ2v) is 13.8. The number of hydrogen-bond donors (Lipinski definition) is 0. The molecule has 0 aliphatic heterocycles. The van der Waals surface area contributed by atoms with E-state index in [4.69, 9.17) is 4.74 Å². The van der Waals surface area contributed by atoms with E-state index in [0.717, 1.165) is 23.2 Å². The molecule has 0 fully saturated rings. The highest BCUT2D eigenvalue weighted by Gasteiger charge is 2.12. The molecule has 5 heteroatoms. The third-order valence-electron chi connectivity index (χ3n) is 4.55. The van der Waals surface area contributed by atoms with E-state index in [1.165, 1.54) is 17.3 Å². The Morgan fingerprint density at radius 2 is 1.77 bits per heavy atom. The zero-order valence-electron chi connectivity index (χ0n) is 16.5. The average molecular weight is 368 g/mol. The van der Waals surface area contributed by atoms with E-state index in [9.17, 15) is 0 Å². The Labute approximate surface area is 157 Å². The zero-order chi connectivity index (χ0) is 18.7. The molecule has 1 aromatic carbocycles. The number of ether oxygens (including phenoxy) is 1. The van der Waals surface area contributed by atoms with Crippen LogP contribution in [0, 0.1) is 0 Å². The molecule has 2 aromatic heterocycles. The fourth-order valence-corrected chi connectivity index (χ4v) is 3.59. The van der Waals surface area contributed by atoms with E-state index >= 15 is 0 Å². The molecule has 0 aliphatic carbocycles. The van der Waals surface area contributed by atoms with Crippen LogP contribution in [0.2, 0.25) is 25.7 Å². The van der Waals surface area contributed by atoms with Gasteiger partial charge in [-0.1, -0.05) is 31.8 Å². The van der Waals surface area contributed by atoms with Gasteiger partial charge >= 0.3 is 0 Å². The second kappa shape index (κ2) is 7.64. The first-order valence-electron chi connectivity index (χ1n) is 9.14. The minimum Gasteiger partial charge on any atom is -0.378 e. The number of anilines is 1. The number of rotatable bonds is 7. The van der Waals surface area contributed by atoms with Gasteiger partial charge in [0.15, 0.2) is 0 Å². The van der Waals surface area contributed by atoms with Crippen molar-refractivity contribution in [3.63, 3.8) is 0 Å². The van der Waals surface area contributed by atoms with Crippen LogP contribution in [0.1, 0.15) is 0 Å². The van der Waals surface area contributed by atoms with Crippen LogP contribution >= 0.6 is 0 Å². The lowest BCUT2D eigenvalue weighted by molar-refractivity contribution is 0.0899. The van der Waals surface area contributed by atoms with E-state index in [1.807, 2.05) is 6.20 Å². The molecule has 0 radical (unpaired) electrons. The number of fused-ring (bicyclic) bond motifs is 1. The molecule has 0 unspecified atom stereocenters. The SMILES string of the molecule is CN(C)c1ccc(-c2cnc3c(ccn3COCC[Si](C)(C)C)c2)cc1. The predicted octanol–water partition coefficient (Wildman–Crippen LogP) is 5.08. The van der Waals surface area contributed by atoms with Gasteiger partial charge in [-0.25, -0.2) is 4.98 Å². The maximum Gasteiger partial charge on any atom is 0.141 e. The van der Waals surface area contributed by atoms with E-state index in [1.54, 1.807) is 0 Å². The lowest BCUT2D eigenvalue weighted by Gasteiger charge is -2.15. The molecule has 3 rings (SSSR count). The fraction of sp³-hybridized carbons (Fsp3) is 0.381. The van der Waals surface area contributed by atoms with Gasteiger partial charge in [-0.2, -0.15) is 0 Å². The summed E-state index contributed by atoms with van der Waals surface area (Å²) < 4.78 is 7.95. The van der Waals surface area contributed by atoms with Crippen molar-refractivity contribution < 1.29 is 4.74 Å². The van der Waals surface area contributed by atoms with E-state index in [-0.39, 0.29) is 0 Å². The first-order chi connectivity index (χ1) is 12.3. The van der Waals surface area contributed by atoms with Crippen LogP contribution in [0.4, 0.5) is 5.69 Å². The van der Waals surface area contributed by atoms with Crippen molar-refractivity contribution in [2.24, 2.45) is 0 Å². The van der Waals surface area contributed by atoms with Crippen LogP contribution in [0.3, 0.4) is 0 Å². The Hall–Kier alpha value is -2.11. The molecular formula is C21H29N3OSi. The van der Waals surface area contributed by atoms with Gasteiger partial charge in [0.1, 0.15) is 12.4 Å². The number of benzene rings is 1. The summed E-state index contributed by atoms with van der Waals surface area (Å²) in [5.74, 6) is 0. The van der Waals surface area contributed by atoms with Gasteiger partial charge < -0.3 is 14.2 Å². The molecule has 26 heavy (non-hydrogen) atoms. The number of aromatic nitrogens is 2. The molecule has 0 bridgehead atoms. The molecule has 2 heterocycles. The Morgan fingerprint density at radius 3 is 2.42 bits per heavy atom. The quantitative estimate of drug-likeness (QED) is 0.431. The molecule has 3 aromatic rings. The minimum absolute atomic E-state index is 0.567. The lowest BCUT2D eigenvalue weighted by atomic mass is 10.1. The third kappa shape index (κ3) is 4.53. The molecule has 0 saturated carbocycles. The van der Waals surface area contributed by atoms with Crippen LogP contribution in [0.5, 0.6) is 0 Å². The molecule has 0 atom stereocenters. The van der Waals surface area contributed by atoms with Crippen LogP contribution in [-0.4, -0.2) is 38.3 Å². The summed E-state index contributed by atoms with van der Waals surface area (Å²) in [5, 5.41) is 1.15. The Bertz CT molecular complexity index is 863. The molecule has 4 nitrogen and oxygen atoms in total. The topological polar surface area (TPSA) is 30.3 Å². The first-order valence-corrected chi connectivity index (χ1v) is 12.8. The van der Waals surface area contributed by atoms with Crippen molar-refractivity contribution in [2.45, 2.75) is 32.4 Å². The first kappa shape index (κ1) is 18.7. The maximum atomic E-state index is 5.87. The van der Waals surface area contributed by atoms with Crippen molar-refractivity contribution >= 4 is 24.8 Å². The summed E-state index contributed by atoms with van der Waals surface area (Å²) >= 11 is 0. The second-order valence-electron chi connectivity index (χ2n) is 8.21. The van der Waals surface area contributed by atoms with Crippen LogP contribution in [-0.2, 0) is 11.5 Å². The van der Waals surface area contributed by atoms with Gasteiger partial charge in [0, 0.05) is 57.8 Å². The minimum atomic E-state index is -1.04. The van der Waals surface area contributed by atoms with Gasteiger partial charge in [0.05, 0.1) is 0 Å². The van der Waals surface area contributed by atoms with Gasteiger partial charge in [-0.05, 0) is 35.9 Å². The summed E-state index contributed by atoms with van der Waals surface area (Å²) in [5.41, 5.74) is 4.50. The lowest BCUT2D eigenvalue weighted by Crippen LogP contribution is -2.22. The Kier molecular flexibility index (Phi) is 5.49. The average Bonchev–Trinajstić information content (AvgIpc) is 3.00. The summed E-state index contributed by atoms with van der Waals surface area (Å²) in [6.45, 7) is 8.50. The van der Waals surface area contributed by atoms with Crippen LogP contribution < -0.4 is 4.90 Å². The standard InChI is InChI=1S/C21H29N3OSi/c1-23(2)20-8-6-17(7-9-20)19-14-18-10-11-24(21(18)22-15-19)16-25-12-13-26(3,4)5/h6-11,14-15H,12-13,16H2,1-5H3. The summed E-state index contributed by atoms with van der Waals surface area (Å²) in [7, 11) is 3.06. The molecule has 0 aliphatic rings. The van der Waals surface area contributed by atoms with Crippen molar-refractivity contribution in [1.29, 1.82) is 0 Å². The van der Waals surface area contributed by atoms with Gasteiger partial charge in [0.25, 0.3) is 0 Å². The zero-order valence-corrected chi connectivity index (χ0v) is 17.5. The highest BCUT2D eigenvalue weighted by molar-refractivity contribution is 6.76. The molecule has 0 saturated heterocycles. The maximum absolute atomic E-state index is 5.87. The van der Waals surface area contributed by atoms with Crippen molar-refractivity contribution in [3.05, 3.63) is 48.8 Å². The predicted molar refractivity (Wildman–Crippen MR) is 114 cm³/mol. The summed E-state index contributed by atoms with van der Waals surface area (Å²) in [6.07, 6.45) is 4.01. The highest BCUT2D eigenvalue weighted by Crippen LogP contribution is 2.25. The molecule has 0 amide bonds. The molecule has 0 N–H and O–H groups in total. The largest absolute Gasteiger partial charge is 0.378 e. The summed E-state index contributed by atoms with van der Waals surface area (Å²) in [6, 6.07) is 14.1. The number of hydrogen-bond acceptors (Lipinski definition) is 3. The van der Waals surface area contributed by atoms with Gasteiger partial charge in [0.2, 0.25) is 0 Å². The van der Waals surface area contributed by atoms with Crippen LogP contribution in [0.25, 0.3) is 22.2 Å². The normalized spacial score (nSPS) is 11.9. The monoisotopic (exact) mass is 367 g/mol. The van der Waals surface area contributed by atoms with Crippen LogP contribution in [0.15, 0.2) is 48.8 Å². The van der Waals surface area contributed by atoms with Gasteiger partial charge in [-0.15, -0.1) is 0 Å². The molecule has 0 spiro atoms. The molecule has 138 valence electrons. The number of nitrogens with zero attached hydrogens (tertiary/aromatic N) is 3. The number of pyridine rings is 1. The third-order valence-corrected chi connectivity index (χ3v) is 6.25. The van der Waals surface area contributed by atoms with E-state index in [2.05, 4.69) is 90.8 Å². The van der Waals surface area contributed by atoms with Gasteiger partial charge in [-0.3, -0.25) is 0 Å². The molecular weight excluding hydrogens is 338 g/mol. The Balaban J connectivity index is 1.72. The Morgan fingerprint density at radius 1 is 1.04 bits per heavy atom. The van der Waals surface area contributed by atoms with Crippen molar-refractivity contribution in [3.8, 4) is 11.1 Å². The van der Waals surface area contributed by atoms with Crippen molar-refractivity contribution in [2.75, 3.05) is 25.6 Å². The van der Waals surface area contributed by atoms with E-state index < -0.39 is 8.07 Å². The smallest absolute Gasteiger partial charge is 0.141 e.